The Morgan fingerprint density at radius 2 is 1.15 bits per heavy atom. The van der Waals surface area contributed by atoms with Crippen LogP contribution in [0.5, 0.6) is 0 Å². The first kappa shape index (κ1) is 54.6. The quantitative estimate of drug-likeness (QED) is 0.0320. The third kappa shape index (κ3) is 10.9. The molecular weight excluding hydrogens is 1030 g/mol. The maximum absolute atomic E-state index is 12.7. The Morgan fingerprint density at radius 1 is 0.630 bits per heavy atom. The highest BCUT2D eigenvalue weighted by molar-refractivity contribution is 7.87. The average molecular weight is 1090 g/mol. The van der Waals surface area contributed by atoms with Gasteiger partial charge in [-0.2, -0.15) is 38.2 Å². The Kier molecular flexibility index (Phi) is 14.9. The molecule has 25 heteroatoms. The average Bonchev–Trinajstić information content (AvgIpc) is 3.82. The van der Waals surface area contributed by atoms with Gasteiger partial charge in [0.15, 0.2) is 5.71 Å². The molecule has 4 amide bonds. The van der Waals surface area contributed by atoms with Gasteiger partial charge < -0.3 is 15.5 Å². The second kappa shape index (κ2) is 19.9. The topological polar surface area (TPSA) is 319 Å². The maximum Gasteiger partial charge on any atom is 0.295 e. The molecule has 0 fully saturated rings. The number of likely N-dealkylation sites (N-methyl/N-ethyl adjacent to an activating group) is 1. The lowest BCUT2D eigenvalue weighted by Crippen LogP contribution is -2.37. The minimum atomic E-state index is -5.02. The first-order valence-corrected chi connectivity index (χ1v) is 28.7. The van der Waals surface area contributed by atoms with Crippen molar-refractivity contribution >= 4 is 103 Å². The highest BCUT2D eigenvalue weighted by Crippen LogP contribution is 2.52. The third-order valence-corrected chi connectivity index (χ3v) is 16.7. The summed E-state index contributed by atoms with van der Waals surface area (Å²) in [7, 11) is -19.9. The number of imide groups is 1. The van der Waals surface area contributed by atoms with Gasteiger partial charge in [0.05, 0.1) is 15.2 Å². The van der Waals surface area contributed by atoms with Crippen LogP contribution in [0.1, 0.15) is 77.8 Å². The van der Waals surface area contributed by atoms with Gasteiger partial charge in [-0.05, 0) is 92.4 Å². The molecule has 0 atom stereocenters. The van der Waals surface area contributed by atoms with E-state index in [1.165, 1.54) is 12.1 Å². The first-order chi connectivity index (χ1) is 33.9. The molecular formula is C48H54N5O16S4+. The Balaban J connectivity index is 1.18. The number of amides is 4. The van der Waals surface area contributed by atoms with Crippen LogP contribution in [-0.4, -0.2) is 123 Å². The fourth-order valence-electron chi connectivity index (χ4n) is 9.99. The zero-order valence-corrected chi connectivity index (χ0v) is 43.5. The van der Waals surface area contributed by atoms with Crippen molar-refractivity contribution in [2.24, 2.45) is 0 Å². The van der Waals surface area contributed by atoms with Crippen molar-refractivity contribution in [3.63, 3.8) is 0 Å². The molecule has 0 bridgehead atoms. The van der Waals surface area contributed by atoms with Crippen LogP contribution in [-0.2, 0) is 70.5 Å². The number of benzene rings is 4. The lowest BCUT2D eigenvalue weighted by Gasteiger charge is -2.26. The molecule has 3 heterocycles. The van der Waals surface area contributed by atoms with E-state index in [-0.39, 0.29) is 59.9 Å². The highest BCUT2D eigenvalue weighted by Gasteiger charge is 2.47. The van der Waals surface area contributed by atoms with E-state index >= 15 is 0 Å². The predicted molar refractivity (Wildman–Crippen MR) is 268 cm³/mol. The van der Waals surface area contributed by atoms with Gasteiger partial charge in [0.1, 0.15) is 16.3 Å². The van der Waals surface area contributed by atoms with E-state index in [9.17, 15) is 71.1 Å². The Hall–Kier alpha value is -6.19. The van der Waals surface area contributed by atoms with Gasteiger partial charge in [0.2, 0.25) is 17.5 Å². The van der Waals surface area contributed by atoms with Crippen molar-refractivity contribution in [2.45, 2.75) is 97.1 Å². The van der Waals surface area contributed by atoms with Crippen molar-refractivity contribution in [1.29, 1.82) is 0 Å². The fraction of sp³-hybridized carbons (Fsp3) is 0.354. The summed E-state index contributed by atoms with van der Waals surface area (Å²) >= 11 is 0. The van der Waals surface area contributed by atoms with Crippen LogP contribution in [0.15, 0.2) is 104 Å². The molecule has 0 saturated heterocycles. The van der Waals surface area contributed by atoms with Gasteiger partial charge in [-0.25, -0.2) is 0 Å². The molecule has 3 aliphatic rings. The first-order valence-electron chi connectivity index (χ1n) is 22.9. The summed E-state index contributed by atoms with van der Waals surface area (Å²) in [5.41, 5.74) is 1.52. The van der Waals surface area contributed by atoms with Crippen molar-refractivity contribution in [3.8, 4) is 0 Å². The fourth-order valence-corrected chi connectivity index (χ4v) is 12.7. The second-order valence-corrected chi connectivity index (χ2v) is 24.3. The van der Waals surface area contributed by atoms with Gasteiger partial charge >= 0.3 is 0 Å². The number of nitrogens with one attached hydrogen (secondary N) is 2. The SMILES string of the molecule is CCN1/C(=C/C=C/C2=[N+](CCCCCC(=O)NCCNC(=O)CCN3C(=O)C=CC3=O)c3ccc4c(S(=O)(=O)O)cc(S(=O)(=O)O)cc4c3C2(C)C)C(C)(C)c2c1ccc1c(S(=O)(=O)O)cc(S(=O)(=O)O)cc21. The number of fused-ring (bicyclic) bond motifs is 6. The summed E-state index contributed by atoms with van der Waals surface area (Å²) < 4.78 is 143. The molecule has 0 saturated carbocycles. The van der Waals surface area contributed by atoms with Crippen LogP contribution in [0.25, 0.3) is 21.5 Å². The van der Waals surface area contributed by atoms with Gasteiger partial charge in [0.25, 0.3) is 52.3 Å². The van der Waals surface area contributed by atoms with Crippen molar-refractivity contribution in [2.75, 3.05) is 37.6 Å². The number of rotatable bonds is 19. The zero-order chi connectivity index (χ0) is 53.8. The molecule has 390 valence electrons. The number of carbonyl (C=O) groups excluding carboxylic acids is 4. The number of carbonyl (C=O) groups is 4. The van der Waals surface area contributed by atoms with Gasteiger partial charge in [0, 0.05) is 103 Å². The molecule has 0 spiro atoms. The Morgan fingerprint density at radius 3 is 1.67 bits per heavy atom. The molecule has 4 aromatic rings. The van der Waals surface area contributed by atoms with E-state index in [1.54, 1.807) is 18.2 Å². The molecule has 6 N–H and O–H groups in total. The highest BCUT2D eigenvalue weighted by atomic mass is 32.2. The standard InChI is InChI=1S/C48H53N5O16S4/c1-6-51-35-16-14-31-33(25-29(70(58,59)60)27-37(31)72(64,65)66)45(35)47(2,3)39(51)11-10-12-40-48(4,5)46-34-26-30(71(61,62)63)28-38(73(67,68)69)32(34)15-17-36(46)52(40)23-9-7-8-13-41(54)49-21-22-50-42(55)20-24-53-43(56)18-19-44(53)57/h10-12,14-19,25-28H,6-9,13,20-24H2,1-5H3,(H5-,49,50,54,55,58,59,60,61,62,63,64,65,66,67,68,69)/p+1. The number of unbranched alkanes of at least 4 members (excludes halogenated alkanes) is 2. The van der Waals surface area contributed by atoms with E-state index < -0.39 is 88.6 Å². The molecule has 4 aromatic carbocycles. The minimum absolute atomic E-state index is 0.00203. The zero-order valence-electron chi connectivity index (χ0n) is 40.2. The largest absolute Gasteiger partial charge is 0.354 e. The number of anilines is 1. The summed E-state index contributed by atoms with van der Waals surface area (Å²) in [6.45, 7) is 10.2. The van der Waals surface area contributed by atoms with Crippen molar-refractivity contribution in [1.82, 2.24) is 15.5 Å². The molecule has 0 aromatic heterocycles. The summed E-state index contributed by atoms with van der Waals surface area (Å²) in [4.78, 5) is 48.3. The molecule has 3 aliphatic heterocycles. The van der Waals surface area contributed by atoms with Crippen LogP contribution < -0.4 is 15.5 Å². The second-order valence-electron chi connectivity index (χ2n) is 18.7. The molecule has 21 nitrogen and oxygen atoms in total. The van der Waals surface area contributed by atoms with Crippen LogP contribution >= 0.6 is 0 Å². The number of nitrogens with zero attached hydrogens (tertiary/aromatic N) is 3. The molecule has 0 radical (unpaired) electrons. The smallest absolute Gasteiger partial charge is 0.295 e. The van der Waals surface area contributed by atoms with Crippen LogP contribution in [0.4, 0.5) is 11.4 Å². The monoisotopic (exact) mass is 1080 g/mol. The Bertz CT molecular complexity index is 3620. The molecule has 73 heavy (non-hydrogen) atoms. The molecule has 0 unspecified atom stereocenters. The van der Waals surface area contributed by atoms with E-state index in [2.05, 4.69) is 10.6 Å². The van der Waals surface area contributed by atoms with Crippen LogP contribution in [0, 0.1) is 0 Å². The summed E-state index contributed by atoms with van der Waals surface area (Å²) in [5, 5.41) is 5.69. The van der Waals surface area contributed by atoms with E-state index in [0.717, 1.165) is 29.2 Å². The molecule has 0 aliphatic carbocycles. The van der Waals surface area contributed by atoms with Crippen molar-refractivity contribution < 1.29 is 75.6 Å². The summed E-state index contributed by atoms with van der Waals surface area (Å²) in [6, 6.07) is 9.87. The van der Waals surface area contributed by atoms with Crippen LogP contribution in [0.3, 0.4) is 0 Å². The van der Waals surface area contributed by atoms with Gasteiger partial charge in [-0.1, -0.05) is 26.0 Å². The predicted octanol–water partition coefficient (Wildman–Crippen LogP) is 4.72. The minimum Gasteiger partial charge on any atom is -0.354 e. The number of allylic oxidation sites excluding steroid dienone is 4. The lowest BCUT2D eigenvalue weighted by atomic mass is 9.78. The summed E-state index contributed by atoms with van der Waals surface area (Å²) in [5.74, 6) is -1.64. The number of hydrogen-bond acceptors (Lipinski definition) is 13. The van der Waals surface area contributed by atoms with E-state index in [1.807, 2.05) is 56.2 Å². The van der Waals surface area contributed by atoms with E-state index in [4.69, 9.17) is 0 Å². The Labute approximate surface area is 422 Å². The van der Waals surface area contributed by atoms with Crippen molar-refractivity contribution in [3.05, 3.63) is 95.7 Å². The normalized spacial score (nSPS) is 17.2. The third-order valence-electron chi connectivity index (χ3n) is 13.3. The van der Waals surface area contributed by atoms with E-state index in [0.29, 0.717) is 78.4 Å². The van der Waals surface area contributed by atoms with Crippen LogP contribution in [0.2, 0.25) is 0 Å². The summed E-state index contributed by atoms with van der Waals surface area (Å²) in [6.07, 6.45) is 9.27. The van der Waals surface area contributed by atoms with Gasteiger partial charge in [-0.15, -0.1) is 0 Å². The van der Waals surface area contributed by atoms with Gasteiger partial charge in [-0.3, -0.25) is 42.3 Å². The lowest BCUT2D eigenvalue weighted by molar-refractivity contribution is -0.438. The molecule has 7 rings (SSSR count). The maximum atomic E-state index is 12.7. The number of hydrogen-bond donors (Lipinski definition) is 6.